The Kier molecular flexibility index (Phi) is 6.23. The second-order valence-electron chi connectivity index (χ2n) is 6.87. The summed E-state index contributed by atoms with van der Waals surface area (Å²) in [6.07, 6.45) is 3.28. The lowest BCUT2D eigenvalue weighted by atomic mass is 9.97. The van der Waals surface area contributed by atoms with Gasteiger partial charge in [-0.05, 0) is 71.2 Å². The molecular weight excluding hydrogens is 304 g/mol. The summed E-state index contributed by atoms with van der Waals surface area (Å²) in [4.78, 5) is 26.3. The monoisotopic (exact) mass is 332 g/mol. The highest BCUT2D eigenvalue weighted by Crippen LogP contribution is 2.22. The second kappa shape index (κ2) is 8.18. The Labute approximate surface area is 144 Å². The van der Waals surface area contributed by atoms with E-state index in [0.717, 1.165) is 12.8 Å². The standard InChI is InChI=1S/C19H28N2O3/c1-13(2)20-19(23)16-8-10-17(11-9-16)24-12-18(22)21-14(3)6-5-7-15(21)4/h8-11,13-15H,5-7,12H2,1-4H3,(H,20,23)/t14-,15-/m1/s1. The molecule has 2 atom stereocenters. The van der Waals surface area contributed by atoms with Gasteiger partial charge in [-0.15, -0.1) is 0 Å². The molecule has 0 bridgehead atoms. The Balaban J connectivity index is 1.90. The highest BCUT2D eigenvalue weighted by molar-refractivity contribution is 5.94. The van der Waals surface area contributed by atoms with E-state index in [2.05, 4.69) is 19.2 Å². The van der Waals surface area contributed by atoms with Crippen LogP contribution in [0.1, 0.15) is 57.3 Å². The lowest BCUT2D eigenvalue weighted by Crippen LogP contribution is -2.49. The average Bonchev–Trinajstić information content (AvgIpc) is 2.52. The van der Waals surface area contributed by atoms with E-state index in [1.165, 1.54) is 6.42 Å². The van der Waals surface area contributed by atoms with Crippen molar-refractivity contribution >= 4 is 11.8 Å². The Bertz CT molecular complexity index is 558. The van der Waals surface area contributed by atoms with Crippen LogP contribution in [0.2, 0.25) is 0 Å². The molecular formula is C19H28N2O3. The van der Waals surface area contributed by atoms with Gasteiger partial charge in [0.25, 0.3) is 11.8 Å². The van der Waals surface area contributed by atoms with Gasteiger partial charge in [-0.3, -0.25) is 9.59 Å². The van der Waals surface area contributed by atoms with Crippen LogP contribution in [0.5, 0.6) is 5.75 Å². The molecule has 0 unspecified atom stereocenters. The number of ether oxygens (including phenoxy) is 1. The summed E-state index contributed by atoms with van der Waals surface area (Å²) >= 11 is 0. The molecule has 132 valence electrons. The Morgan fingerprint density at radius 2 is 1.75 bits per heavy atom. The highest BCUT2D eigenvalue weighted by Gasteiger charge is 2.28. The lowest BCUT2D eigenvalue weighted by Gasteiger charge is -2.38. The molecule has 1 aliphatic heterocycles. The smallest absolute Gasteiger partial charge is 0.260 e. The van der Waals surface area contributed by atoms with Gasteiger partial charge in [-0.25, -0.2) is 0 Å². The third kappa shape index (κ3) is 4.73. The van der Waals surface area contributed by atoms with Crippen LogP contribution in [0.3, 0.4) is 0 Å². The third-order valence-electron chi connectivity index (χ3n) is 4.38. The molecule has 2 amide bonds. The van der Waals surface area contributed by atoms with E-state index in [-0.39, 0.29) is 36.5 Å². The first kappa shape index (κ1) is 18.3. The zero-order valence-electron chi connectivity index (χ0n) is 15.0. The zero-order valence-corrected chi connectivity index (χ0v) is 15.0. The fraction of sp³-hybridized carbons (Fsp3) is 0.579. The lowest BCUT2D eigenvalue weighted by molar-refractivity contribution is -0.139. The summed E-state index contributed by atoms with van der Waals surface area (Å²) in [5.74, 6) is 0.515. The predicted octanol–water partition coefficient (Wildman–Crippen LogP) is 2.99. The maximum absolute atomic E-state index is 12.4. The number of amides is 2. The number of nitrogens with one attached hydrogen (secondary N) is 1. The first-order valence-electron chi connectivity index (χ1n) is 8.73. The number of hydrogen-bond acceptors (Lipinski definition) is 3. The Morgan fingerprint density at radius 1 is 1.17 bits per heavy atom. The first-order valence-corrected chi connectivity index (χ1v) is 8.73. The molecule has 0 spiro atoms. The summed E-state index contributed by atoms with van der Waals surface area (Å²) in [5, 5.41) is 2.84. The molecule has 0 aromatic heterocycles. The molecule has 0 radical (unpaired) electrons. The fourth-order valence-corrected chi connectivity index (χ4v) is 3.18. The summed E-state index contributed by atoms with van der Waals surface area (Å²) in [7, 11) is 0. The number of nitrogens with zero attached hydrogens (tertiary/aromatic N) is 1. The minimum absolute atomic E-state index is 0.0244. The summed E-state index contributed by atoms with van der Waals surface area (Å²) in [6, 6.07) is 7.52. The molecule has 1 aromatic carbocycles. The van der Waals surface area contributed by atoms with Crippen LogP contribution in [0.4, 0.5) is 0 Å². The van der Waals surface area contributed by atoms with Crippen molar-refractivity contribution in [1.82, 2.24) is 10.2 Å². The van der Waals surface area contributed by atoms with Crippen molar-refractivity contribution in [3.63, 3.8) is 0 Å². The number of benzene rings is 1. The molecule has 5 heteroatoms. The van der Waals surface area contributed by atoms with Crippen molar-refractivity contribution in [1.29, 1.82) is 0 Å². The summed E-state index contributed by atoms with van der Waals surface area (Å²) in [6.45, 7) is 8.06. The van der Waals surface area contributed by atoms with Crippen molar-refractivity contribution in [2.24, 2.45) is 0 Å². The van der Waals surface area contributed by atoms with Crippen LogP contribution in [0, 0.1) is 0 Å². The molecule has 1 fully saturated rings. The summed E-state index contributed by atoms with van der Waals surface area (Å²) < 4.78 is 5.61. The van der Waals surface area contributed by atoms with Gasteiger partial charge in [0.1, 0.15) is 5.75 Å². The molecule has 1 N–H and O–H groups in total. The van der Waals surface area contributed by atoms with Crippen LogP contribution in [0.25, 0.3) is 0 Å². The van der Waals surface area contributed by atoms with E-state index >= 15 is 0 Å². The molecule has 2 rings (SSSR count). The minimum atomic E-state index is -0.108. The van der Waals surface area contributed by atoms with Crippen molar-refractivity contribution in [3.8, 4) is 5.75 Å². The van der Waals surface area contributed by atoms with E-state index < -0.39 is 0 Å². The first-order chi connectivity index (χ1) is 11.4. The Morgan fingerprint density at radius 3 is 2.29 bits per heavy atom. The fourth-order valence-electron chi connectivity index (χ4n) is 3.18. The normalized spacial score (nSPS) is 20.8. The number of carbonyl (C=O) groups is 2. The van der Waals surface area contributed by atoms with E-state index in [9.17, 15) is 9.59 Å². The SMILES string of the molecule is CC(C)NC(=O)c1ccc(OCC(=O)N2[C@H](C)CCC[C@H]2C)cc1. The van der Waals surface area contributed by atoms with Gasteiger partial charge in [-0.1, -0.05) is 0 Å². The summed E-state index contributed by atoms with van der Waals surface area (Å²) in [5.41, 5.74) is 0.584. The number of hydrogen-bond donors (Lipinski definition) is 1. The van der Waals surface area contributed by atoms with Crippen LogP contribution in [-0.4, -0.2) is 41.4 Å². The number of likely N-dealkylation sites (tertiary alicyclic amines) is 1. The predicted molar refractivity (Wildman–Crippen MR) is 94.2 cm³/mol. The van der Waals surface area contributed by atoms with Gasteiger partial charge < -0.3 is 15.0 Å². The molecule has 1 heterocycles. The van der Waals surface area contributed by atoms with Gasteiger partial charge in [0, 0.05) is 23.7 Å². The molecule has 5 nitrogen and oxygen atoms in total. The number of carbonyl (C=O) groups excluding carboxylic acids is 2. The van der Waals surface area contributed by atoms with Gasteiger partial charge in [0.15, 0.2) is 6.61 Å². The van der Waals surface area contributed by atoms with Crippen LogP contribution < -0.4 is 10.1 Å². The van der Waals surface area contributed by atoms with Crippen molar-refractivity contribution < 1.29 is 14.3 Å². The van der Waals surface area contributed by atoms with Crippen molar-refractivity contribution in [2.75, 3.05) is 6.61 Å². The maximum atomic E-state index is 12.4. The van der Waals surface area contributed by atoms with E-state index in [1.807, 2.05) is 18.7 Å². The molecule has 1 aromatic rings. The maximum Gasteiger partial charge on any atom is 0.260 e. The highest BCUT2D eigenvalue weighted by atomic mass is 16.5. The van der Waals surface area contributed by atoms with Gasteiger partial charge in [0.05, 0.1) is 0 Å². The van der Waals surface area contributed by atoms with Gasteiger partial charge in [-0.2, -0.15) is 0 Å². The number of piperidine rings is 1. The molecule has 0 aliphatic carbocycles. The Hall–Kier alpha value is -2.04. The molecule has 24 heavy (non-hydrogen) atoms. The van der Waals surface area contributed by atoms with Gasteiger partial charge >= 0.3 is 0 Å². The van der Waals surface area contributed by atoms with E-state index in [0.29, 0.717) is 11.3 Å². The molecule has 1 saturated heterocycles. The zero-order chi connectivity index (χ0) is 17.7. The quantitative estimate of drug-likeness (QED) is 0.902. The minimum Gasteiger partial charge on any atom is -0.484 e. The van der Waals surface area contributed by atoms with Crippen molar-refractivity contribution in [3.05, 3.63) is 29.8 Å². The molecule has 0 saturated carbocycles. The van der Waals surface area contributed by atoms with Crippen molar-refractivity contribution in [2.45, 2.75) is 65.1 Å². The topological polar surface area (TPSA) is 58.6 Å². The van der Waals surface area contributed by atoms with Crippen LogP contribution in [-0.2, 0) is 4.79 Å². The molecule has 1 aliphatic rings. The van der Waals surface area contributed by atoms with Gasteiger partial charge in [0.2, 0.25) is 0 Å². The second-order valence-corrected chi connectivity index (χ2v) is 6.87. The number of rotatable bonds is 5. The average molecular weight is 332 g/mol. The largest absolute Gasteiger partial charge is 0.484 e. The van der Waals surface area contributed by atoms with E-state index in [1.54, 1.807) is 24.3 Å². The van der Waals surface area contributed by atoms with Crippen LogP contribution >= 0.6 is 0 Å². The van der Waals surface area contributed by atoms with Crippen LogP contribution in [0.15, 0.2) is 24.3 Å². The third-order valence-corrected chi connectivity index (χ3v) is 4.38. The van der Waals surface area contributed by atoms with E-state index in [4.69, 9.17) is 4.74 Å².